The number of aromatic nitrogens is 3. The van der Waals surface area contributed by atoms with Crippen LogP contribution in [0.15, 0.2) is 77.0 Å². The Morgan fingerprint density at radius 3 is 2.36 bits per heavy atom. The molecule has 1 atom stereocenters. The summed E-state index contributed by atoms with van der Waals surface area (Å²) >= 11 is 1.21. The fourth-order valence-electron chi connectivity index (χ4n) is 4.70. The Kier molecular flexibility index (Phi) is 9.44. The SMILES string of the molecule is COc1ccc(C2=NN(C(=O)CSc3nnc(CNC(=O)c4ccc(OC)c(OC)c4)n3C)[C@@H](c3ccc(F)cc3)C2)cc1. The van der Waals surface area contributed by atoms with Crippen LogP contribution < -0.4 is 19.5 Å². The normalized spacial score (nSPS) is 14.2. The summed E-state index contributed by atoms with van der Waals surface area (Å²) in [5.74, 6) is 1.34. The predicted octanol–water partition coefficient (Wildman–Crippen LogP) is 4.38. The lowest BCUT2D eigenvalue weighted by molar-refractivity contribution is -0.130. The van der Waals surface area contributed by atoms with Gasteiger partial charge in [0.1, 0.15) is 11.6 Å². The number of carbonyl (C=O) groups is 2. The smallest absolute Gasteiger partial charge is 0.253 e. The molecule has 5 rings (SSSR count). The molecule has 228 valence electrons. The van der Waals surface area contributed by atoms with Gasteiger partial charge in [0, 0.05) is 19.0 Å². The van der Waals surface area contributed by atoms with Gasteiger partial charge in [-0.1, -0.05) is 23.9 Å². The van der Waals surface area contributed by atoms with E-state index in [1.54, 1.807) is 49.1 Å². The predicted molar refractivity (Wildman–Crippen MR) is 163 cm³/mol. The van der Waals surface area contributed by atoms with Crippen LogP contribution in [0.1, 0.15) is 39.8 Å². The molecular weight excluding hydrogens is 587 g/mol. The van der Waals surface area contributed by atoms with E-state index in [0.717, 1.165) is 22.6 Å². The van der Waals surface area contributed by atoms with Crippen molar-refractivity contribution in [1.29, 1.82) is 0 Å². The van der Waals surface area contributed by atoms with Gasteiger partial charge in [0.05, 0.1) is 45.4 Å². The minimum absolute atomic E-state index is 0.0427. The molecule has 0 unspecified atom stereocenters. The van der Waals surface area contributed by atoms with Crippen molar-refractivity contribution in [2.45, 2.75) is 24.2 Å². The standard InChI is InChI=1S/C31H31FN6O5S/c1-37-28(17-33-30(40)21-9-14-26(42-3)27(15-21)43-4)34-35-31(37)44-18-29(39)38-25(20-5-10-22(32)11-6-20)16-24(36-38)19-7-12-23(41-2)13-8-19/h5-15,25H,16-18H2,1-4H3,(H,33,40)/t25-/m1/s1. The van der Waals surface area contributed by atoms with Crippen molar-refractivity contribution in [3.05, 3.63) is 95.1 Å². The molecule has 11 nitrogen and oxygen atoms in total. The van der Waals surface area contributed by atoms with Crippen molar-refractivity contribution in [2.75, 3.05) is 27.1 Å². The van der Waals surface area contributed by atoms with Crippen LogP contribution in [0.3, 0.4) is 0 Å². The number of nitrogens with zero attached hydrogens (tertiary/aromatic N) is 5. The van der Waals surface area contributed by atoms with Gasteiger partial charge in [-0.2, -0.15) is 5.10 Å². The fraction of sp³-hybridized carbons (Fsp3) is 0.258. The second-order valence-electron chi connectivity index (χ2n) is 9.78. The summed E-state index contributed by atoms with van der Waals surface area (Å²) in [6, 6.07) is 18.1. The first-order chi connectivity index (χ1) is 21.3. The maximum atomic E-state index is 13.7. The van der Waals surface area contributed by atoms with Crippen molar-refractivity contribution in [1.82, 2.24) is 25.1 Å². The van der Waals surface area contributed by atoms with E-state index >= 15 is 0 Å². The van der Waals surface area contributed by atoms with Crippen molar-refractivity contribution in [3.8, 4) is 17.2 Å². The van der Waals surface area contributed by atoms with E-state index < -0.39 is 0 Å². The molecule has 1 aliphatic rings. The molecular formula is C31H31FN6O5S. The van der Waals surface area contributed by atoms with Crippen LogP contribution in [-0.2, 0) is 18.4 Å². The Hall–Kier alpha value is -4.91. The van der Waals surface area contributed by atoms with Crippen LogP contribution in [0.2, 0.25) is 0 Å². The molecule has 0 bridgehead atoms. The highest BCUT2D eigenvalue weighted by molar-refractivity contribution is 7.99. The number of benzene rings is 3. The Labute approximate surface area is 258 Å². The van der Waals surface area contributed by atoms with E-state index in [-0.39, 0.29) is 36.0 Å². The summed E-state index contributed by atoms with van der Waals surface area (Å²) in [4.78, 5) is 26.2. The summed E-state index contributed by atoms with van der Waals surface area (Å²) in [5.41, 5.74) is 2.80. The molecule has 0 spiro atoms. The molecule has 1 N–H and O–H groups in total. The number of amides is 2. The summed E-state index contributed by atoms with van der Waals surface area (Å²) in [7, 11) is 6.39. The topological polar surface area (TPSA) is 120 Å². The molecule has 3 aromatic carbocycles. The van der Waals surface area contributed by atoms with E-state index in [0.29, 0.717) is 34.5 Å². The van der Waals surface area contributed by atoms with Crippen LogP contribution in [0.5, 0.6) is 17.2 Å². The molecule has 0 radical (unpaired) electrons. The highest BCUT2D eigenvalue weighted by Gasteiger charge is 2.33. The lowest BCUT2D eigenvalue weighted by Gasteiger charge is -2.22. The van der Waals surface area contributed by atoms with Gasteiger partial charge >= 0.3 is 0 Å². The van der Waals surface area contributed by atoms with Crippen LogP contribution in [-0.4, -0.2) is 64.4 Å². The van der Waals surface area contributed by atoms with E-state index in [1.165, 1.54) is 43.1 Å². The quantitative estimate of drug-likeness (QED) is 0.246. The van der Waals surface area contributed by atoms with Crippen LogP contribution in [0.25, 0.3) is 0 Å². The minimum Gasteiger partial charge on any atom is -0.497 e. The molecule has 0 aliphatic carbocycles. The monoisotopic (exact) mass is 618 g/mol. The highest BCUT2D eigenvalue weighted by atomic mass is 32.2. The summed E-state index contributed by atoms with van der Waals surface area (Å²) in [6.07, 6.45) is 0.474. The Morgan fingerprint density at radius 1 is 0.955 bits per heavy atom. The number of thioether (sulfide) groups is 1. The molecule has 13 heteroatoms. The van der Waals surface area contributed by atoms with Crippen LogP contribution in [0, 0.1) is 5.82 Å². The third-order valence-electron chi connectivity index (χ3n) is 7.15. The van der Waals surface area contributed by atoms with Crippen molar-refractivity contribution in [3.63, 3.8) is 0 Å². The van der Waals surface area contributed by atoms with Crippen LogP contribution >= 0.6 is 11.8 Å². The number of nitrogens with one attached hydrogen (secondary N) is 1. The van der Waals surface area contributed by atoms with E-state index in [1.807, 2.05) is 24.3 Å². The van der Waals surface area contributed by atoms with E-state index in [2.05, 4.69) is 20.6 Å². The maximum absolute atomic E-state index is 13.7. The van der Waals surface area contributed by atoms with Crippen molar-refractivity contribution in [2.24, 2.45) is 12.1 Å². The summed E-state index contributed by atoms with van der Waals surface area (Å²) in [6.45, 7) is 0.124. The largest absolute Gasteiger partial charge is 0.497 e. The third-order valence-corrected chi connectivity index (χ3v) is 8.15. The number of methoxy groups -OCH3 is 3. The van der Waals surface area contributed by atoms with Gasteiger partial charge < -0.3 is 24.1 Å². The number of rotatable bonds is 11. The average Bonchev–Trinajstić information content (AvgIpc) is 3.66. The first-order valence-corrected chi connectivity index (χ1v) is 14.6. The first-order valence-electron chi connectivity index (χ1n) is 13.6. The minimum atomic E-state index is -0.386. The molecule has 44 heavy (non-hydrogen) atoms. The van der Waals surface area contributed by atoms with Gasteiger partial charge in [-0.05, 0) is 65.7 Å². The molecule has 4 aromatic rings. The first kappa shape index (κ1) is 30.5. The molecule has 2 amide bonds. The molecule has 1 aromatic heterocycles. The molecule has 0 saturated carbocycles. The second kappa shape index (κ2) is 13.6. The van der Waals surface area contributed by atoms with Gasteiger partial charge in [-0.3, -0.25) is 9.59 Å². The van der Waals surface area contributed by atoms with Gasteiger partial charge in [-0.25, -0.2) is 9.40 Å². The van der Waals surface area contributed by atoms with Gasteiger partial charge in [0.2, 0.25) is 0 Å². The number of hydrogen-bond acceptors (Lipinski definition) is 9. The zero-order valence-corrected chi connectivity index (χ0v) is 25.4. The van der Waals surface area contributed by atoms with E-state index in [4.69, 9.17) is 14.2 Å². The number of hydrogen-bond donors (Lipinski definition) is 1. The summed E-state index contributed by atoms with van der Waals surface area (Å²) in [5, 5.41) is 17.9. The zero-order valence-electron chi connectivity index (χ0n) is 24.6. The highest BCUT2D eigenvalue weighted by Crippen LogP contribution is 2.34. The molecule has 0 saturated heterocycles. The second-order valence-corrected chi connectivity index (χ2v) is 10.7. The zero-order chi connectivity index (χ0) is 31.2. The van der Waals surface area contributed by atoms with Gasteiger partial charge in [-0.15, -0.1) is 10.2 Å². The fourth-order valence-corrected chi connectivity index (χ4v) is 5.48. The summed E-state index contributed by atoms with van der Waals surface area (Å²) < 4.78 is 31.1. The maximum Gasteiger partial charge on any atom is 0.253 e. The van der Waals surface area contributed by atoms with Crippen molar-refractivity contribution < 1.29 is 28.2 Å². The Morgan fingerprint density at radius 2 is 1.68 bits per heavy atom. The number of ether oxygens (including phenoxy) is 3. The van der Waals surface area contributed by atoms with Gasteiger partial charge in [0.15, 0.2) is 22.5 Å². The number of hydrazone groups is 1. The lowest BCUT2D eigenvalue weighted by Crippen LogP contribution is -2.28. The van der Waals surface area contributed by atoms with Gasteiger partial charge in [0.25, 0.3) is 11.8 Å². The average molecular weight is 619 g/mol. The van der Waals surface area contributed by atoms with Crippen molar-refractivity contribution >= 4 is 29.3 Å². The lowest BCUT2D eigenvalue weighted by atomic mass is 9.98. The molecule has 2 heterocycles. The Balaban J connectivity index is 1.25. The van der Waals surface area contributed by atoms with Crippen LogP contribution in [0.4, 0.5) is 4.39 Å². The Bertz CT molecular complexity index is 1680. The molecule has 1 aliphatic heterocycles. The molecule has 0 fully saturated rings. The number of halogens is 1. The number of carbonyl (C=O) groups excluding carboxylic acids is 2. The van der Waals surface area contributed by atoms with E-state index in [9.17, 15) is 14.0 Å². The third kappa shape index (κ3) is 6.67.